The number of hydrogen-bond donors (Lipinski definition) is 1. The summed E-state index contributed by atoms with van der Waals surface area (Å²) in [4.78, 5) is 3.88. The molecule has 5 heteroatoms. The van der Waals surface area contributed by atoms with Crippen LogP contribution in [-0.4, -0.2) is 49.6 Å². The van der Waals surface area contributed by atoms with E-state index in [1.165, 1.54) is 4.90 Å². The van der Waals surface area contributed by atoms with Crippen molar-refractivity contribution in [3.05, 3.63) is 12.4 Å². The SMILES string of the molecule is CC1N(CC2CO2)C=C[NH+]1CC1CO1.[Cl-]. The highest BCUT2D eigenvalue weighted by Crippen LogP contribution is 2.13. The molecule has 0 aromatic rings. The van der Waals surface area contributed by atoms with Crippen LogP contribution in [0.1, 0.15) is 6.92 Å². The van der Waals surface area contributed by atoms with Gasteiger partial charge in [-0.2, -0.15) is 0 Å². The molecular formula is C10H17ClN2O2. The van der Waals surface area contributed by atoms with Crippen LogP contribution in [-0.2, 0) is 9.47 Å². The zero-order chi connectivity index (χ0) is 9.54. The largest absolute Gasteiger partial charge is 1.00 e. The number of epoxide rings is 2. The molecule has 2 fully saturated rings. The number of ether oxygens (including phenoxy) is 2. The van der Waals surface area contributed by atoms with Crippen molar-refractivity contribution in [1.29, 1.82) is 0 Å². The maximum Gasteiger partial charge on any atom is 0.164 e. The Bertz CT molecular complexity index is 230. The van der Waals surface area contributed by atoms with E-state index in [4.69, 9.17) is 9.47 Å². The van der Waals surface area contributed by atoms with Gasteiger partial charge in [0.2, 0.25) is 0 Å². The van der Waals surface area contributed by atoms with Crippen molar-refractivity contribution in [1.82, 2.24) is 4.90 Å². The minimum absolute atomic E-state index is 0. The van der Waals surface area contributed by atoms with Crippen molar-refractivity contribution in [2.75, 3.05) is 26.3 Å². The van der Waals surface area contributed by atoms with Crippen LogP contribution in [0.25, 0.3) is 0 Å². The Kier molecular flexibility index (Phi) is 3.21. The first-order chi connectivity index (χ1) is 6.83. The van der Waals surface area contributed by atoms with Crippen LogP contribution in [0, 0.1) is 0 Å². The first kappa shape index (κ1) is 11.2. The van der Waals surface area contributed by atoms with Crippen LogP contribution in [0.3, 0.4) is 0 Å². The average Bonchev–Trinajstić information content (AvgIpc) is 3.03. The summed E-state index contributed by atoms with van der Waals surface area (Å²) in [6.07, 6.45) is 5.98. The molecule has 4 atom stereocenters. The molecule has 0 aromatic heterocycles. The Morgan fingerprint density at radius 2 is 2.00 bits per heavy atom. The minimum atomic E-state index is 0. The van der Waals surface area contributed by atoms with E-state index in [1.807, 2.05) is 0 Å². The van der Waals surface area contributed by atoms with Crippen LogP contribution in [0.4, 0.5) is 0 Å². The number of halogens is 1. The normalized spacial score (nSPS) is 41.5. The Morgan fingerprint density at radius 1 is 1.33 bits per heavy atom. The second kappa shape index (κ2) is 4.29. The Labute approximate surface area is 96.2 Å². The van der Waals surface area contributed by atoms with Crippen molar-refractivity contribution in [2.24, 2.45) is 0 Å². The van der Waals surface area contributed by atoms with Gasteiger partial charge >= 0.3 is 0 Å². The van der Waals surface area contributed by atoms with Gasteiger partial charge in [-0.05, 0) is 0 Å². The molecule has 4 unspecified atom stereocenters. The van der Waals surface area contributed by atoms with E-state index in [0.717, 1.165) is 26.3 Å². The maximum absolute atomic E-state index is 5.25. The lowest BCUT2D eigenvalue weighted by molar-refractivity contribution is -0.876. The van der Waals surface area contributed by atoms with Crippen LogP contribution in [0.2, 0.25) is 0 Å². The van der Waals surface area contributed by atoms with Gasteiger partial charge in [0.05, 0.1) is 32.1 Å². The second-order valence-electron chi connectivity index (χ2n) is 4.38. The molecule has 4 nitrogen and oxygen atoms in total. The molecule has 0 radical (unpaired) electrons. The van der Waals surface area contributed by atoms with Crippen LogP contribution < -0.4 is 17.3 Å². The van der Waals surface area contributed by atoms with E-state index in [0.29, 0.717) is 18.4 Å². The van der Waals surface area contributed by atoms with Crippen LogP contribution in [0.5, 0.6) is 0 Å². The van der Waals surface area contributed by atoms with Crippen molar-refractivity contribution in [2.45, 2.75) is 25.3 Å². The Hall–Kier alpha value is -0.290. The lowest BCUT2D eigenvalue weighted by atomic mass is 10.3. The van der Waals surface area contributed by atoms with Gasteiger partial charge in [0.15, 0.2) is 6.17 Å². The first-order valence-corrected chi connectivity index (χ1v) is 5.36. The summed E-state index contributed by atoms with van der Waals surface area (Å²) in [7, 11) is 0. The van der Waals surface area contributed by atoms with Gasteiger partial charge in [-0.1, -0.05) is 0 Å². The summed E-state index contributed by atoms with van der Waals surface area (Å²) >= 11 is 0. The summed E-state index contributed by atoms with van der Waals surface area (Å²) in [6, 6.07) is 0. The van der Waals surface area contributed by atoms with Gasteiger partial charge in [0.25, 0.3) is 0 Å². The molecule has 0 bridgehead atoms. The highest BCUT2D eigenvalue weighted by Gasteiger charge is 2.36. The average molecular weight is 233 g/mol. The van der Waals surface area contributed by atoms with Crippen molar-refractivity contribution >= 4 is 0 Å². The zero-order valence-electron chi connectivity index (χ0n) is 8.86. The molecule has 86 valence electrons. The molecule has 0 aromatic carbocycles. The number of rotatable bonds is 4. The van der Waals surface area contributed by atoms with Crippen molar-refractivity contribution < 1.29 is 26.8 Å². The molecule has 3 heterocycles. The lowest BCUT2D eigenvalue weighted by Gasteiger charge is -2.24. The topological polar surface area (TPSA) is 32.7 Å². The molecule has 3 aliphatic heterocycles. The zero-order valence-corrected chi connectivity index (χ0v) is 9.61. The summed E-state index contributed by atoms with van der Waals surface area (Å²) in [5.41, 5.74) is 0. The van der Waals surface area contributed by atoms with Crippen LogP contribution in [0.15, 0.2) is 12.4 Å². The fourth-order valence-corrected chi connectivity index (χ4v) is 1.99. The van der Waals surface area contributed by atoms with E-state index >= 15 is 0 Å². The Balaban J connectivity index is 0.000000853. The van der Waals surface area contributed by atoms with Gasteiger partial charge in [-0.3, -0.25) is 4.90 Å². The van der Waals surface area contributed by atoms with Gasteiger partial charge in [-0.15, -0.1) is 0 Å². The number of nitrogens with zero attached hydrogens (tertiary/aromatic N) is 1. The summed E-state index contributed by atoms with van der Waals surface area (Å²) < 4.78 is 10.5. The van der Waals surface area contributed by atoms with E-state index in [-0.39, 0.29) is 12.4 Å². The monoisotopic (exact) mass is 232 g/mol. The fourth-order valence-electron chi connectivity index (χ4n) is 1.99. The van der Waals surface area contributed by atoms with E-state index in [9.17, 15) is 0 Å². The Morgan fingerprint density at radius 3 is 2.60 bits per heavy atom. The number of nitrogens with one attached hydrogen (secondary N) is 1. The molecule has 15 heavy (non-hydrogen) atoms. The van der Waals surface area contributed by atoms with E-state index < -0.39 is 0 Å². The van der Waals surface area contributed by atoms with Crippen molar-refractivity contribution in [3.8, 4) is 0 Å². The predicted octanol–water partition coefficient (Wildman–Crippen LogP) is -4.19. The summed E-state index contributed by atoms with van der Waals surface area (Å²) in [5.74, 6) is 0. The molecule has 0 saturated carbocycles. The van der Waals surface area contributed by atoms with Gasteiger partial charge in [0, 0.05) is 6.92 Å². The molecular weight excluding hydrogens is 216 g/mol. The fraction of sp³-hybridized carbons (Fsp3) is 0.800. The van der Waals surface area contributed by atoms with Gasteiger partial charge < -0.3 is 26.8 Å². The van der Waals surface area contributed by atoms with Gasteiger partial charge in [-0.25, -0.2) is 0 Å². The van der Waals surface area contributed by atoms with Gasteiger partial charge in [0.1, 0.15) is 18.8 Å². The standard InChI is InChI=1S/C10H16N2O2.ClH/c1-8-11(4-9-6-13-9)2-3-12(8)5-10-7-14-10;/h2-3,8-10H,4-7H2,1H3;1H. The smallest absolute Gasteiger partial charge is 0.164 e. The molecule has 0 aliphatic carbocycles. The quantitative estimate of drug-likeness (QED) is 0.499. The van der Waals surface area contributed by atoms with E-state index in [2.05, 4.69) is 24.2 Å². The first-order valence-electron chi connectivity index (χ1n) is 5.36. The molecule has 0 amide bonds. The second-order valence-corrected chi connectivity index (χ2v) is 4.38. The molecule has 3 aliphatic rings. The van der Waals surface area contributed by atoms with Crippen LogP contribution >= 0.6 is 0 Å². The number of quaternary nitrogens is 1. The summed E-state index contributed by atoms with van der Waals surface area (Å²) in [6.45, 7) is 6.32. The third kappa shape index (κ3) is 2.64. The molecule has 3 rings (SSSR count). The third-order valence-electron chi connectivity index (χ3n) is 3.20. The predicted molar refractivity (Wildman–Crippen MR) is 50.6 cm³/mol. The minimum Gasteiger partial charge on any atom is -1.00 e. The molecule has 1 N–H and O–H groups in total. The number of hydrogen-bond acceptors (Lipinski definition) is 3. The molecule has 2 saturated heterocycles. The third-order valence-corrected chi connectivity index (χ3v) is 3.20. The summed E-state index contributed by atoms with van der Waals surface area (Å²) in [5, 5.41) is 0. The maximum atomic E-state index is 5.25. The van der Waals surface area contributed by atoms with E-state index in [1.54, 1.807) is 0 Å². The lowest BCUT2D eigenvalue weighted by Crippen LogP contribution is -3.11. The highest BCUT2D eigenvalue weighted by atomic mass is 35.5. The van der Waals surface area contributed by atoms with Crippen molar-refractivity contribution in [3.63, 3.8) is 0 Å². The highest BCUT2D eigenvalue weighted by molar-refractivity contribution is 4.87. The molecule has 0 spiro atoms.